The number of ether oxygens (including phenoxy) is 1. The average molecular weight is 336 g/mol. The Balaban J connectivity index is 1.90. The predicted molar refractivity (Wildman–Crippen MR) is 82.5 cm³/mol. The highest BCUT2D eigenvalue weighted by Gasteiger charge is 2.32. The van der Waals surface area contributed by atoms with E-state index in [1.807, 2.05) is 0 Å². The molecule has 8 heteroatoms. The van der Waals surface area contributed by atoms with Crippen LogP contribution in [0.1, 0.15) is 16.8 Å². The van der Waals surface area contributed by atoms with E-state index in [2.05, 4.69) is 15.4 Å². The van der Waals surface area contributed by atoms with Gasteiger partial charge in [-0.1, -0.05) is 18.2 Å². The molecule has 0 spiro atoms. The van der Waals surface area contributed by atoms with Crippen LogP contribution >= 0.6 is 0 Å². The van der Waals surface area contributed by atoms with Crippen LogP contribution in [0.5, 0.6) is 0 Å². The van der Waals surface area contributed by atoms with E-state index in [4.69, 9.17) is 4.74 Å². The van der Waals surface area contributed by atoms with Crippen molar-refractivity contribution < 1.29 is 17.9 Å². The number of benzene rings is 1. The third-order valence-corrected chi connectivity index (χ3v) is 3.49. The topological polar surface area (TPSA) is 51.5 Å². The third kappa shape index (κ3) is 3.33. The van der Waals surface area contributed by atoms with Crippen LogP contribution in [0, 0.1) is 0 Å². The quantitative estimate of drug-likeness (QED) is 0.775. The molecule has 3 rings (SSSR count). The molecule has 1 N–H and O–H groups in total. The fraction of sp³-hybridized carbons (Fsp3) is 0.250. The molecule has 2 aromatic heterocycles. The van der Waals surface area contributed by atoms with Gasteiger partial charge in [-0.2, -0.15) is 22.8 Å². The fourth-order valence-electron chi connectivity index (χ4n) is 2.45. The van der Waals surface area contributed by atoms with Crippen molar-refractivity contribution in [3.63, 3.8) is 0 Å². The molecule has 0 atom stereocenters. The van der Waals surface area contributed by atoms with Crippen LogP contribution < -0.4 is 5.32 Å². The van der Waals surface area contributed by atoms with Crippen molar-refractivity contribution in [1.29, 1.82) is 0 Å². The lowest BCUT2D eigenvalue weighted by molar-refractivity contribution is -0.138. The number of anilines is 1. The van der Waals surface area contributed by atoms with E-state index in [-0.39, 0.29) is 12.1 Å². The largest absolute Gasteiger partial charge is 0.416 e. The Morgan fingerprint density at radius 3 is 2.75 bits per heavy atom. The first-order chi connectivity index (χ1) is 11.5. The number of aromatic nitrogens is 3. The third-order valence-electron chi connectivity index (χ3n) is 3.49. The minimum absolute atomic E-state index is 0.0150. The van der Waals surface area contributed by atoms with E-state index in [0.29, 0.717) is 23.8 Å². The Bertz CT molecular complexity index is 845. The van der Waals surface area contributed by atoms with Gasteiger partial charge in [0.15, 0.2) is 5.65 Å². The standard InChI is InChI=1S/C16H15F3N4O/c1-24-10-12-8-15(23-14(22-12)6-7-21-23)20-9-11-4-2-3-5-13(11)16(17,18)19/h2-8,20H,9-10H2,1H3. The van der Waals surface area contributed by atoms with Gasteiger partial charge in [-0.05, 0) is 11.6 Å². The van der Waals surface area contributed by atoms with Crippen LogP contribution in [0.25, 0.3) is 5.65 Å². The maximum absolute atomic E-state index is 13.1. The van der Waals surface area contributed by atoms with Crippen molar-refractivity contribution in [2.45, 2.75) is 19.3 Å². The summed E-state index contributed by atoms with van der Waals surface area (Å²) in [6.45, 7) is 0.316. The molecule has 0 aliphatic rings. The fourth-order valence-corrected chi connectivity index (χ4v) is 2.45. The summed E-state index contributed by atoms with van der Waals surface area (Å²) in [5.41, 5.74) is 0.768. The number of hydrogen-bond donors (Lipinski definition) is 1. The van der Waals surface area contributed by atoms with Crippen LogP contribution in [0.3, 0.4) is 0 Å². The van der Waals surface area contributed by atoms with Gasteiger partial charge in [-0.25, -0.2) is 4.98 Å². The molecule has 0 amide bonds. The van der Waals surface area contributed by atoms with Gasteiger partial charge >= 0.3 is 6.18 Å². The van der Waals surface area contributed by atoms with E-state index in [0.717, 1.165) is 6.07 Å². The first-order valence-electron chi connectivity index (χ1n) is 7.20. The molecule has 126 valence electrons. The maximum atomic E-state index is 13.1. The normalized spacial score (nSPS) is 11.8. The lowest BCUT2D eigenvalue weighted by Crippen LogP contribution is -2.13. The minimum atomic E-state index is -4.39. The Hall–Kier alpha value is -2.61. The second-order valence-electron chi connectivity index (χ2n) is 5.18. The molecular formula is C16H15F3N4O. The van der Waals surface area contributed by atoms with Crippen LogP contribution in [-0.2, 0) is 24.1 Å². The highest BCUT2D eigenvalue weighted by molar-refractivity contribution is 5.49. The molecule has 1 aromatic carbocycles. The highest BCUT2D eigenvalue weighted by Crippen LogP contribution is 2.32. The van der Waals surface area contributed by atoms with Crippen molar-refractivity contribution in [1.82, 2.24) is 14.6 Å². The Labute approximate surface area is 136 Å². The average Bonchev–Trinajstić information content (AvgIpc) is 3.01. The molecule has 0 unspecified atom stereocenters. The van der Waals surface area contributed by atoms with Crippen LogP contribution in [0.15, 0.2) is 42.6 Å². The number of methoxy groups -OCH3 is 1. The van der Waals surface area contributed by atoms with Gasteiger partial charge in [0.05, 0.1) is 24.1 Å². The summed E-state index contributed by atoms with van der Waals surface area (Å²) in [6.07, 6.45) is -2.81. The van der Waals surface area contributed by atoms with E-state index < -0.39 is 11.7 Å². The smallest absolute Gasteiger partial charge is 0.378 e. The highest BCUT2D eigenvalue weighted by atomic mass is 19.4. The number of alkyl halides is 3. The predicted octanol–water partition coefficient (Wildman–Crippen LogP) is 3.51. The molecule has 0 fully saturated rings. The molecule has 5 nitrogen and oxygen atoms in total. The summed E-state index contributed by atoms with van der Waals surface area (Å²) >= 11 is 0. The number of nitrogens with one attached hydrogen (secondary N) is 1. The maximum Gasteiger partial charge on any atom is 0.416 e. The van der Waals surface area contributed by atoms with Gasteiger partial charge in [0.25, 0.3) is 0 Å². The Morgan fingerprint density at radius 2 is 2.00 bits per heavy atom. The van der Waals surface area contributed by atoms with E-state index in [1.54, 1.807) is 31.5 Å². The molecule has 24 heavy (non-hydrogen) atoms. The van der Waals surface area contributed by atoms with Crippen molar-refractivity contribution in [3.05, 3.63) is 59.4 Å². The van der Waals surface area contributed by atoms with Crippen molar-refractivity contribution in [3.8, 4) is 0 Å². The van der Waals surface area contributed by atoms with Gasteiger partial charge in [-0.15, -0.1) is 0 Å². The number of hydrogen-bond acceptors (Lipinski definition) is 4. The second-order valence-corrected chi connectivity index (χ2v) is 5.18. The van der Waals surface area contributed by atoms with Gasteiger partial charge in [0.1, 0.15) is 5.82 Å². The lowest BCUT2D eigenvalue weighted by Gasteiger charge is -2.15. The number of fused-ring (bicyclic) bond motifs is 1. The SMILES string of the molecule is COCc1cc(NCc2ccccc2C(F)(F)F)n2nccc2n1. The summed E-state index contributed by atoms with van der Waals surface area (Å²) in [7, 11) is 1.55. The zero-order chi connectivity index (χ0) is 17.2. The monoisotopic (exact) mass is 336 g/mol. The van der Waals surface area contributed by atoms with Crippen LogP contribution in [0.4, 0.5) is 19.0 Å². The summed E-state index contributed by atoms with van der Waals surface area (Å²) in [4.78, 5) is 4.35. The van der Waals surface area contributed by atoms with E-state index in [9.17, 15) is 13.2 Å². The summed E-state index contributed by atoms with van der Waals surface area (Å²) in [5.74, 6) is 0.550. The van der Waals surface area contributed by atoms with Gasteiger partial charge in [-0.3, -0.25) is 0 Å². The Morgan fingerprint density at radius 1 is 1.21 bits per heavy atom. The molecule has 0 aliphatic heterocycles. The van der Waals surface area contributed by atoms with Crippen molar-refractivity contribution in [2.75, 3.05) is 12.4 Å². The second kappa shape index (κ2) is 6.48. The lowest BCUT2D eigenvalue weighted by atomic mass is 10.1. The van der Waals surface area contributed by atoms with Crippen LogP contribution in [0.2, 0.25) is 0 Å². The molecule has 0 saturated heterocycles. The molecule has 0 saturated carbocycles. The molecule has 3 aromatic rings. The molecule has 0 radical (unpaired) electrons. The summed E-state index contributed by atoms with van der Waals surface area (Å²) in [6, 6.07) is 8.91. The van der Waals surface area contributed by atoms with Gasteiger partial charge in [0.2, 0.25) is 0 Å². The summed E-state index contributed by atoms with van der Waals surface area (Å²) in [5, 5.41) is 7.14. The number of rotatable bonds is 5. The molecule has 0 aliphatic carbocycles. The Kier molecular flexibility index (Phi) is 4.39. The first kappa shape index (κ1) is 16.3. The molecule has 2 heterocycles. The van der Waals surface area contributed by atoms with Crippen molar-refractivity contribution in [2.24, 2.45) is 0 Å². The zero-order valence-electron chi connectivity index (χ0n) is 12.8. The molecule has 0 bridgehead atoms. The first-order valence-corrected chi connectivity index (χ1v) is 7.20. The van der Waals surface area contributed by atoms with Gasteiger partial charge in [0, 0.05) is 25.8 Å². The summed E-state index contributed by atoms with van der Waals surface area (Å²) < 4.78 is 45.8. The molecular weight excluding hydrogens is 321 g/mol. The zero-order valence-corrected chi connectivity index (χ0v) is 12.8. The number of halogens is 3. The van der Waals surface area contributed by atoms with Crippen molar-refractivity contribution >= 4 is 11.5 Å². The van der Waals surface area contributed by atoms with Crippen LogP contribution in [-0.4, -0.2) is 21.7 Å². The number of nitrogens with zero attached hydrogens (tertiary/aromatic N) is 3. The van der Waals surface area contributed by atoms with E-state index >= 15 is 0 Å². The minimum Gasteiger partial charge on any atom is -0.378 e. The van der Waals surface area contributed by atoms with Gasteiger partial charge < -0.3 is 10.1 Å². The van der Waals surface area contributed by atoms with E-state index in [1.165, 1.54) is 16.6 Å².